The Balaban J connectivity index is 2.13. The van der Waals surface area contributed by atoms with Gasteiger partial charge < -0.3 is 11.1 Å². The maximum Gasteiger partial charge on any atom is 0.314 e. The molecule has 0 aliphatic carbocycles. The van der Waals surface area contributed by atoms with Gasteiger partial charge in [-0.1, -0.05) is 18.2 Å². The summed E-state index contributed by atoms with van der Waals surface area (Å²) in [4.78, 5) is 10.6. The first-order valence-electron chi connectivity index (χ1n) is 6.51. The van der Waals surface area contributed by atoms with Crippen LogP contribution in [0.1, 0.15) is 12.5 Å². The van der Waals surface area contributed by atoms with Gasteiger partial charge in [0.1, 0.15) is 17.2 Å². The second-order valence-corrected chi connectivity index (χ2v) is 4.88. The van der Waals surface area contributed by atoms with Gasteiger partial charge in [0.25, 0.3) is 0 Å². The van der Waals surface area contributed by atoms with Gasteiger partial charge in [0.2, 0.25) is 0 Å². The number of para-hydroxylation sites is 1. The van der Waals surface area contributed by atoms with Gasteiger partial charge in [0, 0.05) is 6.04 Å². The zero-order chi connectivity index (χ0) is 15.4. The summed E-state index contributed by atoms with van der Waals surface area (Å²) in [5, 5.41) is 14.1. The highest BCUT2D eigenvalue weighted by Gasteiger charge is 2.18. The van der Waals surface area contributed by atoms with Gasteiger partial charge in [0.05, 0.1) is 4.92 Å². The standard InChI is InChI=1S/C15H16FN3O2/c1-10(9-11-5-7-12(16)8-6-11)18-14-4-2-3-13(17)15(14)19(20)21/h2-8,10,18H,9,17H2,1H3. The molecule has 1 atom stereocenters. The summed E-state index contributed by atoms with van der Waals surface area (Å²) in [6, 6.07) is 10.9. The number of hydrogen-bond acceptors (Lipinski definition) is 4. The quantitative estimate of drug-likeness (QED) is 0.502. The predicted octanol–water partition coefficient (Wildman–Crippen LogP) is 3.36. The Morgan fingerprint density at radius 2 is 1.95 bits per heavy atom. The van der Waals surface area contributed by atoms with E-state index in [1.807, 2.05) is 6.92 Å². The molecule has 0 aliphatic heterocycles. The Morgan fingerprint density at radius 3 is 2.57 bits per heavy atom. The van der Waals surface area contributed by atoms with Crippen LogP contribution >= 0.6 is 0 Å². The van der Waals surface area contributed by atoms with Crippen molar-refractivity contribution >= 4 is 17.1 Å². The van der Waals surface area contributed by atoms with Crippen molar-refractivity contribution in [2.45, 2.75) is 19.4 Å². The van der Waals surface area contributed by atoms with Gasteiger partial charge in [-0.2, -0.15) is 0 Å². The summed E-state index contributed by atoms with van der Waals surface area (Å²) >= 11 is 0. The van der Waals surface area contributed by atoms with E-state index in [9.17, 15) is 14.5 Å². The Hall–Kier alpha value is -2.63. The normalized spacial score (nSPS) is 11.9. The molecule has 2 aromatic carbocycles. The fraction of sp³-hybridized carbons (Fsp3) is 0.200. The van der Waals surface area contributed by atoms with Crippen LogP contribution in [-0.4, -0.2) is 11.0 Å². The van der Waals surface area contributed by atoms with Crippen LogP contribution in [-0.2, 0) is 6.42 Å². The second kappa shape index (κ2) is 6.21. The molecule has 0 radical (unpaired) electrons. The highest BCUT2D eigenvalue weighted by atomic mass is 19.1. The third-order valence-corrected chi connectivity index (χ3v) is 3.11. The first-order valence-corrected chi connectivity index (χ1v) is 6.51. The third-order valence-electron chi connectivity index (χ3n) is 3.11. The summed E-state index contributed by atoms with van der Waals surface area (Å²) < 4.78 is 12.9. The van der Waals surface area contributed by atoms with Crippen molar-refractivity contribution in [3.8, 4) is 0 Å². The minimum absolute atomic E-state index is 0.0593. The molecule has 2 rings (SSSR count). The number of nitrogen functional groups attached to an aromatic ring is 1. The van der Waals surface area contributed by atoms with E-state index >= 15 is 0 Å². The van der Waals surface area contributed by atoms with E-state index in [-0.39, 0.29) is 23.2 Å². The number of benzene rings is 2. The van der Waals surface area contributed by atoms with Crippen molar-refractivity contribution in [3.63, 3.8) is 0 Å². The van der Waals surface area contributed by atoms with E-state index in [4.69, 9.17) is 5.73 Å². The van der Waals surface area contributed by atoms with E-state index in [2.05, 4.69) is 5.32 Å². The molecule has 0 fully saturated rings. The maximum atomic E-state index is 12.9. The third kappa shape index (κ3) is 3.68. The zero-order valence-electron chi connectivity index (χ0n) is 11.5. The lowest BCUT2D eigenvalue weighted by molar-refractivity contribution is -0.383. The number of nitrogens with zero attached hydrogens (tertiary/aromatic N) is 1. The topological polar surface area (TPSA) is 81.2 Å². The second-order valence-electron chi connectivity index (χ2n) is 4.88. The van der Waals surface area contributed by atoms with Crippen molar-refractivity contribution in [1.82, 2.24) is 0 Å². The summed E-state index contributed by atoms with van der Waals surface area (Å²) in [5.41, 5.74) is 6.98. The summed E-state index contributed by atoms with van der Waals surface area (Å²) in [5.74, 6) is -0.286. The number of nitrogens with two attached hydrogens (primary N) is 1. The largest absolute Gasteiger partial charge is 0.393 e. The molecule has 0 heterocycles. The lowest BCUT2D eigenvalue weighted by Crippen LogP contribution is -2.19. The lowest BCUT2D eigenvalue weighted by atomic mass is 10.1. The van der Waals surface area contributed by atoms with Gasteiger partial charge in [0.15, 0.2) is 0 Å². The van der Waals surface area contributed by atoms with Crippen LogP contribution < -0.4 is 11.1 Å². The summed E-state index contributed by atoms with van der Waals surface area (Å²) in [6.45, 7) is 1.90. The van der Waals surface area contributed by atoms with E-state index in [1.165, 1.54) is 18.2 Å². The highest BCUT2D eigenvalue weighted by Crippen LogP contribution is 2.31. The Labute approximate surface area is 121 Å². The fourth-order valence-corrected chi connectivity index (χ4v) is 2.17. The van der Waals surface area contributed by atoms with E-state index in [0.717, 1.165) is 5.56 Å². The van der Waals surface area contributed by atoms with Gasteiger partial charge in [-0.25, -0.2) is 4.39 Å². The molecule has 0 amide bonds. The number of halogens is 1. The van der Waals surface area contributed by atoms with Crippen molar-refractivity contribution in [1.29, 1.82) is 0 Å². The predicted molar refractivity (Wildman–Crippen MR) is 80.7 cm³/mol. The Morgan fingerprint density at radius 1 is 1.29 bits per heavy atom. The van der Waals surface area contributed by atoms with Crippen LogP contribution in [0.4, 0.5) is 21.5 Å². The van der Waals surface area contributed by atoms with Crippen LogP contribution in [0, 0.1) is 15.9 Å². The SMILES string of the molecule is CC(Cc1ccc(F)cc1)Nc1cccc(N)c1[N+](=O)[O-]. The first kappa shape index (κ1) is 14.8. The van der Waals surface area contributed by atoms with Gasteiger partial charge in [-0.3, -0.25) is 10.1 Å². The van der Waals surface area contributed by atoms with Crippen LogP contribution in [0.5, 0.6) is 0 Å². The zero-order valence-corrected chi connectivity index (χ0v) is 11.5. The molecule has 0 aliphatic rings. The van der Waals surface area contributed by atoms with E-state index in [0.29, 0.717) is 12.1 Å². The molecular weight excluding hydrogens is 273 g/mol. The molecule has 6 heteroatoms. The molecule has 0 saturated heterocycles. The van der Waals surface area contributed by atoms with Crippen LogP contribution in [0.3, 0.4) is 0 Å². The molecule has 1 unspecified atom stereocenters. The minimum Gasteiger partial charge on any atom is -0.393 e. The smallest absolute Gasteiger partial charge is 0.314 e. The average molecular weight is 289 g/mol. The van der Waals surface area contributed by atoms with Crippen LogP contribution in [0.25, 0.3) is 0 Å². The molecule has 0 spiro atoms. The van der Waals surface area contributed by atoms with E-state index < -0.39 is 4.92 Å². The van der Waals surface area contributed by atoms with E-state index in [1.54, 1.807) is 24.3 Å². The number of anilines is 2. The molecule has 110 valence electrons. The number of rotatable bonds is 5. The molecule has 0 bridgehead atoms. The van der Waals surface area contributed by atoms with Crippen molar-refractivity contribution in [2.75, 3.05) is 11.1 Å². The highest BCUT2D eigenvalue weighted by molar-refractivity contribution is 5.74. The monoisotopic (exact) mass is 289 g/mol. The molecule has 2 aromatic rings. The molecule has 3 N–H and O–H groups in total. The maximum absolute atomic E-state index is 12.9. The van der Waals surface area contributed by atoms with Gasteiger partial charge in [-0.05, 0) is 43.2 Å². The van der Waals surface area contributed by atoms with Gasteiger partial charge in [-0.15, -0.1) is 0 Å². The molecule has 0 saturated carbocycles. The molecule has 0 aromatic heterocycles. The molecular formula is C15H16FN3O2. The number of hydrogen-bond donors (Lipinski definition) is 2. The summed E-state index contributed by atoms with van der Waals surface area (Å²) in [7, 11) is 0. The fourth-order valence-electron chi connectivity index (χ4n) is 2.17. The van der Waals surface area contributed by atoms with Crippen molar-refractivity contribution in [3.05, 3.63) is 64.0 Å². The first-order chi connectivity index (χ1) is 9.97. The summed E-state index contributed by atoms with van der Waals surface area (Å²) in [6.07, 6.45) is 0.617. The van der Waals surface area contributed by atoms with Crippen LogP contribution in [0.2, 0.25) is 0 Å². The van der Waals surface area contributed by atoms with Gasteiger partial charge >= 0.3 is 5.69 Å². The number of nitro groups is 1. The Bertz CT molecular complexity index is 644. The molecule has 21 heavy (non-hydrogen) atoms. The van der Waals surface area contributed by atoms with Crippen molar-refractivity contribution in [2.24, 2.45) is 0 Å². The number of nitrogens with one attached hydrogen (secondary N) is 1. The Kier molecular flexibility index (Phi) is 4.37. The van der Waals surface area contributed by atoms with Crippen LogP contribution in [0.15, 0.2) is 42.5 Å². The molecule has 5 nitrogen and oxygen atoms in total. The lowest BCUT2D eigenvalue weighted by Gasteiger charge is -2.16. The number of nitro benzene ring substituents is 1. The van der Waals surface area contributed by atoms with Crippen molar-refractivity contribution < 1.29 is 9.31 Å². The average Bonchev–Trinajstić information content (AvgIpc) is 2.41. The minimum atomic E-state index is -0.498.